The molecule has 10 heteroatoms. The highest BCUT2D eigenvalue weighted by Crippen LogP contribution is 2.25. The molecule has 0 N–H and O–H groups in total. The van der Waals surface area contributed by atoms with E-state index in [9.17, 15) is 10.1 Å². The highest BCUT2D eigenvalue weighted by atomic mass is 35.5. The van der Waals surface area contributed by atoms with Crippen molar-refractivity contribution in [1.29, 1.82) is 0 Å². The summed E-state index contributed by atoms with van der Waals surface area (Å²) in [6, 6.07) is 13.4. The van der Waals surface area contributed by atoms with Gasteiger partial charge in [-0.25, -0.2) is 0 Å². The van der Waals surface area contributed by atoms with Crippen LogP contribution in [0, 0.1) is 10.1 Å². The number of fused-ring (bicyclic) bond motifs is 1. The summed E-state index contributed by atoms with van der Waals surface area (Å²) in [6.07, 6.45) is 0. The van der Waals surface area contributed by atoms with E-state index in [1.807, 2.05) is 0 Å². The van der Waals surface area contributed by atoms with E-state index in [-0.39, 0.29) is 12.3 Å². The second-order valence-electron chi connectivity index (χ2n) is 5.59. The van der Waals surface area contributed by atoms with Gasteiger partial charge in [0.1, 0.15) is 12.4 Å². The quantitative estimate of drug-likeness (QED) is 0.477. The van der Waals surface area contributed by atoms with Gasteiger partial charge in [-0.05, 0) is 42.0 Å². The lowest BCUT2D eigenvalue weighted by molar-refractivity contribution is -0.384. The van der Waals surface area contributed by atoms with Crippen molar-refractivity contribution in [3.8, 4) is 5.75 Å². The molecule has 0 saturated carbocycles. The minimum atomic E-state index is -0.425. The molecule has 4 rings (SSSR count). The van der Waals surface area contributed by atoms with Crippen LogP contribution in [0.5, 0.6) is 5.75 Å². The molecule has 0 bridgehead atoms. The van der Waals surface area contributed by atoms with Crippen LogP contribution in [0.3, 0.4) is 0 Å². The molecular formula is C17H12ClN5O3S. The van der Waals surface area contributed by atoms with Crippen LogP contribution < -0.4 is 4.74 Å². The van der Waals surface area contributed by atoms with E-state index in [2.05, 4.69) is 15.3 Å². The van der Waals surface area contributed by atoms with Gasteiger partial charge in [-0.15, -0.1) is 10.2 Å². The molecule has 0 spiro atoms. The Balaban J connectivity index is 1.55. The smallest absolute Gasteiger partial charge is 0.269 e. The summed E-state index contributed by atoms with van der Waals surface area (Å²) >= 11 is 7.37. The third kappa shape index (κ3) is 3.79. The van der Waals surface area contributed by atoms with Gasteiger partial charge in [0.25, 0.3) is 5.69 Å². The van der Waals surface area contributed by atoms with Crippen molar-refractivity contribution in [2.75, 3.05) is 5.75 Å². The highest BCUT2D eigenvalue weighted by Gasteiger charge is 2.20. The van der Waals surface area contributed by atoms with Crippen LogP contribution in [-0.4, -0.2) is 31.3 Å². The number of aromatic nitrogens is 3. The lowest BCUT2D eigenvalue weighted by Gasteiger charge is -2.14. The molecule has 0 amide bonds. The Labute approximate surface area is 163 Å². The summed E-state index contributed by atoms with van der Waals surface area (Å²) in [4.78, 5) is 10.4. The molecule has 0 unspecified atom stereocenters. The monoisotopic (exact) mass is 401 g/mol. The fourth-order valence-corrected chi connectivity index (χ4v) is 3.44. The van der Waals surface area contributed by atoms with Gasteiger partial charge in [0.2, 0.25) is 5.16 Å². The standard InChI is InChI=1S/C17H12ClN5O3S/c18-12-3-7-14(8-4-12)26-9-16-19-20-17-22(16)21-15(10-27-17)11-1-5-13(6-2-11)23(24)25/h1-8H,9-10H2. The second kappa shape index (κ2) is 7.37. The van der Waals surface area contributed by atoms with Crippen molar-refractivity contribution in [2.24, 2.45) is 5.10 Å². The topological polar surface area (TPSA) is 95.4 Å². The number of nitrogens with zero attached hydrogens (tertiary/aromatic N) is 5. The first-order valence-corrected chi connectivity index (χ1v) is 9.24. The number of nitro groups is 1. The zero-order chi connectivity index (χ0) is 18.8. The Morgan fingerprint density at radius 2 is 1.89 bits per heavy atom. The zero-order valence-electron chi connectivity index (χ0n) is 13.8. The molecule has 1 aromatic heterocycles. The van der Waals surface area contributed by atoms with Crippen LogP contribution >= 0.6 is 23.4 Å². The Hall–Kier alpha value is -2.91. The molecular weight excluding hydrogens is 390 g/mol. The average molecular weight is 402 g/mol. The van der Waals surface area contributed by atoms with Crippen molar-refractivity contribution < 1.29 is 9.66 Å². The van der Waals surface area contributed by atoms with Gasteiger partial charge >= 0.3 is 0 Å². The van der Waals surface area contributed by atoms with E-state index in [1.54, 1.807) is 41.1 Å². The van der Waals surface area contributed by atoms with E-state index >= 15 is 0 Å². The Bertz CT molecular complexity index is 1020. The molecule has 27 heavy (non-hydrogen) atoms. The van der Waals surface area contributed by atoms with Crippen molar-refractivity contribution in [1.82, 2.24) is 14.9 Å². The molecule has 0 atom stereocenters. The summed E-state index contributed by atoms with van der Waals surface area (Å²) in [5.41, 5.74) is 1.65. The van der Waals surface area contributed by atoms with Gasteiger partial charge in [-0.1, -0.05) is 23.4 Å². The van der Waals surface area contributed by atoms with Crippen LogP contribution in [0.1, 0.15) is 11.4 Å². The number of thioether (sulfide) groups is 1. The lowest BCUT2D eigenvalue weighted by Crippen LogP contribution is -2.15. The van der Waals surface area contributed by atoms with Gasteiger partial charge in [-0.3, -0.25) is 10.1 Å². The molecule has 0 saturated heterocycles. The summed E-state index contributed by atoms with van der Waals surface area (Å²) < 4.78 is 7.36. The molecule has 0 fully saturated rings. The average Bonchev–Trinajstić information content (AvgIpc) is 3.10. The van der Waals surface area contributed by atoms with E-state index in [0.29, 0.717) is 27.5 Å². The molecule has 2 aromatic carbocycles. The van der Waals surface area contributed by atoms with Crippen molar-refractivity contribution in [3.05, 3.63) is 75.1 Å². The number of non-ortho nitro benzene ring substituents is 1. The largest absolute Gasteiger partial charge is 0.486 e. The van der Waals surface area contributed by atoms with Crippen LogP contribution in [0.4, 0.5) is 5.69 Å². The maximum Gasteiger partial charge on any atom is 0.269 e. The fraction of sp³-hybridized carbons (Fsp3) is 0.118. The third-order valence-corrected chi connectivity index (χ3v) is 5.01. The van der Waals surface area contributed by atoms with E-state index in [0.717, 1.165) is 11.3 Å². The van der Waals surface area contributed by atoms with Crippen molar-refractivity contribution in [2.45, 2.75) is 11.8 Å². The molecule has 1 aliphatic heterocycles. The number of hydrogen-bond acceptors (Lipinski definition) is 7. The summed E-state index contributed by atoms with van der Waals surface area (Å²) in [6.45, 7) is 0.201. The summed E-state index contributed by atoms with van der Waals surface area (Å²) in [7, 11) is 0. The first-order valence-electron chi connectivity index (χ1n) is 7.88. The third-order valence-electron chi connectivity index (χ3n) is 3.83. The predicted octanol–water partition coefficient (Wildman–Crippen LogP) is 3.78. The van der Waals surface area contributed by atoms with Gasteiger partial charge in [-0.2, -0.15) is 9.78 Å². The van der Waals surface area contributed by atoms with Gasteiger partial charge in [0.15, 0.2) is 5.82 Å². The van der Waals surface area contributed by atoms with Crippen molar-refractivity contribution >= 4 is 34.8 Å². The van der Waals surface area contributed by atoms with E-state index in [1.165, 1.54) is 23.9 Å². The van der Waals surface area contributed by atoms with Crippen molar-refractivity contribution in [3.63, 3.8) is 0 Å². The fourth-order valence-electron chi connectivity index (χ4n) is 2.45. The van der Waals surface area contributed by atoms with E-state index < -0.39 is 4.92 Å². The minimum absolute atomic E-state index is 0.0462. The SMILES string of the molecule is O=[N+]([O-])c1ccc(C2=Nn3c(COc4ccc(Cl)cc4)nnc3SC2)cc1. The van der Waals surface area contributed by atoms with Gasteiger partial charge in [0, 0.05) is 22.9 Å². The summed E-state index contributed by atoms with van der Waals surface area (Å²) in [5.74, 6) is 1.83. The Morgan fingerprint density at radius 3 is 2.59 bits per heavy atom. The molecule has 2 heterocycles. The molecule has 136 valence electrons. The molecule has 8 nitrogen and oxygen atoms in total. The van der Waals surface area contributed by atoms with E-state index in [4.69, 9.17) is 16.3 Å². The predicted molar refractivity (Wildman–Crippen MR) is 102 cm³/mol. The zero-order valence-corrected chi connectivity index (χ0v) is 15.4. The molecule has 1 aliphatic rings. The molecule has 0 radical (unpaired) electrons. The maximum atomic E-state index is 10.8. The highest BCUT2D eigenvalue weighted by molar-refractivity contribution is 7.99. The summed E-state index contributed by atoms with van der Waals surface area (Å²) in [5, 5.41) is 25.0. The number of halogens is 1. The first-order chi connectivity index (χ1) is 13.1. The second-order valence-corrected chi connectivity index (χ2v) is 6.97. The normalized spacial score (nSPS) is 13.0. The maximum absolute atomic E-state index is 10.8. The van der Waals surface area contributed by atoms with Gasteiger partial charge in [0.05, 0.1) is 10.6 Å². The Kier molecular flexibility index (Phi) is 4.78. The van der Waals surface area contributed by atoms with Crippen LogP contribution in [0.15, 0.2) is 58.8 Å². The minimum Gasteiger partial charge on any atom is -0.486 e. The molecule has 3 aromatic rings. The number of hydrogen-bond donors (Lipinski definition) is 0. The lowest BCUT2D eigenvalue weighted by atomic mass is 10.1. The number of benzene rings is 2. The van der Waals surface area contributed by atoms with Gasteiger partial charge < -0.3 is 4.74 Å². The van der Waals surface area contributed by atoms with Crippen LogP contribution in [0.25, 0.3) is 0 Å². The Morgan fingerprint density at radius 1 is 1.15 bits per heavy atom. The number of rotatable bonds is 5. The number of nitro benzene ring substituents is 1. The number of ether oxygens (including phenoxy) is 1. The molecule has 0 aliphatic carbocycles. The van der Waals surface area contributed by atoms with Crippen LogP contribution in [-0.2, 0) is 6.61 Å². The van der Waals surface area contributed by atoms with Crippen LogP contribution in [0.2, 0.25) is 5.02 Å². The first kappa shape index (κ1) is 17.5.